The molecule has 1 aliphatic rings. The smallest absolute Gasteiger partial charge is 0.390 e. The van der Waals surface area contributed by atoms with E-state index in [1.165, 1.54) is 17.0 Å². The van der Waals surface area contributed by atoms with Crippen molar-refractivity contribution in [3.05, 3.63) is 29.3 Å². The van der Waals surface area contributed by atoms with Crippen LogP contribution in [0.3, 0.4) is 0 Å². The van der Waals surface area contributed by atoms with Crippen LogP contribution in [0.4, 0.5) is 18.9 Å². The molecular formula is C16H21ClF3N3O2. The van der Waals surface area contributed by atoms with E-state index < -0.39 is 23.8 Å². The summed E-state index contributed by atoms with van der Waals surface area (Å²) in [6, 6.07) is 3.47. The van der Waals surface area contributed by atoms with E-state index in [4.69, 9.17) is 11.6 Å². The summed E-state index contributed by atoms with van der Waals surface area (Å²) in [5, 5.41) is 12.1. The van der Waals surface area contributed by atoms with Crippen molar-refractivity contribution in [2.75, 3.05) is 51.0 Å². The van der Waals surface area contributed by atoms with E-state index in [0.717, 1.165) is 6.07 Å². The lowest BCUT2D eigenvalue weighted by Crippen LogP contribution is -2.47. The molecular weight excluding hydrogens is 359 g/mol. The van der Waals surface area contributed by atoms with Gasteiger partial charge in [-0.2, -0.15) is 13.2 Å². The second-order valence-electron chi connectivity index (χ2n) is 6.04. The Balaban J connectivity index is 2.23. The maximum Gasteiger partial charge on any atom is 0.417 e. The van der Waals surface area contributed by atoms with Gasteiger partial charge < -0.3 is 20.2 Å². The van der Waals surface area contributed by atoms with Crippen molar-refractivity contribution < 1.29 is 23.1 Å². The van der Waals surface area contributed by atoms with Gasteiger partial charge in [-0.3, -0.25) is 4.79 Å². The Morgan fingerprint density at radius 2 is 1.96 bits per heavy atom. The Morgan fingerprint density at radius 1 is 1.32 bits per heavy atom. The number of carbonyl (C=O) groups excluding carboxylic acids is 1. The van der Waals surface area contributed by atoms with Crippen LogP contribution >= 0.6 is 11.6 Å². The molecule has 1 fully saturated rings. The largest absolute Gasteiger partial charge is 0.417 e. The van der Waals surface area contributed by atoms with Crippen LogP contribution in [0.5, 0.6) is 0 Å². The number of hydrogen-bond acceptors (Lipinski definition) is 4. The fourth-order valence-electron chi connectivity index (χ4n) is 2.55. The van der Waals surface area contributed by atoms with Crippen molar-refractivity contribution in [1.29, 1.82) is 0 Å². The van der Waals surface area contributed by atoms with Crippen molar-refractivity contribution >= 4 is 23.2 Å². The molecule has 0 radical (unpaired) electrons. The lowest BCUT2D eigenvalue weighted by molar-refractivity contribution is -0.138. The summed E-state index contributed by atoms with van der Waals surface area (Å²) in [6.07, 6.45) is -5.52. The van der Waals surface area contributed by atoms with Gasteiger partial charge in [0.2, 0.25) is 0 Å². The van der Waals surface area contributed by atoms with Crippen LogP contribution in [-0.2, 0) is 6.18 Å². The van der Waals surface area contributed by atoms with E-state index in [2.05, 4.69) is 5.32 Å². The number of alkyl halides is 4. The number of hydrogen-bond donors (Lipinski definition) is 2. The molecule has 2 rings (SSSR count). The summed E-state index contributed by atoms with van der Waals surface area (Å²) in [7, 11) is 1.90. The zero-order valence-electron chi connectivity index (χ0n) is 13.8. The third-order valence-corrected chi connectivity index (χ3v) is 4.42. The number of nitrogens with zero attached hydrogens (tertiary/aromatic N) is 2. The van der Waals surface area contributed by atoms with Gasteiger partial charge >= 0.3 is 6.18 Å². The number of amides is 1. The predicted molar refractivity (Wildman–Crippen MR) is 90.1 cm³/mol. The molecule has 1 heterocycles. The standard InChI is InChI=1S/C16H21ClF3N3O2/c1-22-4-6-23(7-5-22)15(25)13-3-2-11(21-10-12(24)9-17)8-14(13)16(18,19)20/h2-3,8,12,21,24H,4-7,9-10H2,1H3. The highest BCUT2D eigenvalue weighted by Crippen LogP contribution is 2.34. The van der Waals surface area contributed by atoms with Crippen molar-refractivity contribution in [3.8, 4) is 0 Å². The van der Waals surface area contributed by atoms with Crippen LogP contribution in [0.15, 0.2) is 18.2 Å². The summed E-state index contributed by atoms with van der Waals surface area (Å²) in [5.74, 6) is -0.646. The van der Waals surface area contributed by atoms with E-state index in [1.54, 1.807) is 0 Å². The van der Waals surface area contributed by atoms with Gasteiger partial charge in [-0.15, -0.1) is 11.6 Å². The zero-order valence-corrected chi connectivity index (χ0v) is 14.6. The number of aliphatic hydroxyl groups excluding tert-OH is 1. The van der Waals surface area contributed by atoms with Gasteiger partial charge in [-0.1, -0.05) is 0 Å². The molecule has 1 saturated heterocycles. The fourth-order valence-corrected chi connectivity index (χ4v) is 2.65. The summed E-state index contributed by atoms with van der Waals surface area (Å²) in [5.41, 5.74) is -1.17. The van der Waals surface area contributed by atoms with Gasteiger partial charge in [0.25, 0.3) is 5.91 Å². The molecule has 1 aromatic rings. The number of piperazine rings is 1. The van der Waals surface area contributed by atoms with Crippen molar-refractivity contribution in [3.63, 3.8) is 0 Å². The van der Waals surface area contributed by atoms with Crippen LogP contribution in [0.25, 0.3) is 0 Å². The number of benzene rings is 1. The lowest BCUT2D eigenvalue weighted by atomic mass is 10.0. The summed E-state index contributed by atoms with van der Waals surface area (Å²) in [4.78, 5) is 16.0. The molecule has 1 aliphatic heterocycles. The third kappa shape index (κ3) is 5.23. The third-order valence-electron chi connectivity index (χ3n) is 4.07. The second kappa shape index (κ2) is 8.25. The first-order chi connectivity index (χ1) is 11.7. The maximum absolute atomic E-state index is 13.4. The van der Waals surface area contributed by atoms with Crippen LogP contribution in [0.2, 0.25) is 0 Å². The van der Waals surface area contributed by atoms with Gasteiger partial charge in [0.1, 0.15) is 0 Å². The topological polar surface area (TPSA) is 55.8 Å². The number of nitrogens with one attached hydrogen (secondary N) is 1. The lowest BCUT2D eigenvalue weighted by Gasteiger charge is -2.33. The Morgan fingerprint density at radius 3 is 2.52 bits per heavy atom. The first kappa shape index (κ1) is 19.8. The number of anilines is 1. The summed E-state index contributed by atoms with van der Waals surface area (Å²) < 4.78 is 40.2. The zero-order chi connectivity index (χ0) is 18.6. The second-order valence-corrected chi connectivity index (χ2v) is 6.35. The number of likely N-dealkylation sites (N-methyl/N-ethyl adjacent to an activating group) is 1. The normalized spacial score (nSPS) is 17.4. The van der Waals surface area contributed by atoms with E-state index >= 15 is 0 Å². The Labute approximate surface area is 149 Å². The molecule has 1 aromatic carbocycles. The van der Waals surface area contributed by atoms with Crippen molar-refractivity contribution in [1.82, 2.24) is 9.80 Å². The van der Waals surface area contributed by atoms with Crippen LogP contribution < -0.4 is 5.32 Å². The number of rotatable bonds is 5. The fraction of sp³-hybridized carbons (Fsp3) is 0.562. The quantitative estimate of drug-likeness (QED) is 0.769. The molecule has 1 atom stereocenters. The van der Waals surface area contributed by atoms with E-state index in [9.17, 15) is 23.1 Å². The number of aliphatic hydroxyl groups is 1. The summed E-state index contributed by atoms with van der Waals surface area (Å²) in [6.45, 7) is 2.07. The number of halogens is 4. The predicted octanol–water partition coefficient (Wildman–Crippen LogP) is 2.10. The summed E-state index contributed by atoms with van der Waals surface area (Å²) >= 11 is 5.46. The Bertz CT molecular complexity index is 605. The van der Waals surface area contributed by atoms with Crippen LogP contribution in [-0.4, -0.2) is 72.6 Å². The number of carbonyl (C=O) groups is 1. The molecule has 1 unspecified atom stereocenters. The van der Waals surface area contributed by atoms with Gasteiger partial charge in [0.05, 0.1) is 23.1 Å². The Kier molecular flexibility index (Phi) is 6.53. The molecule has 0 aromatic heterocycles. The molecule has 0 saturated carbocycles. The molecule has 0 bridgehead atoms. The highest BCUT2D eigenvalue weighted by molar-refractivity contribution is 6.18. The van der Waals surface area contributed by atoms with Crippen molar-refractivity contribution in [2.45, 2.75) is 12.3 Å². The minimum atomic E-state index is -4.65. The van der Waals surface area contributed by atoms with E-state index in [-0.39, 0.29) is 23.7 Å². The minimum Gasteiger partial charge on any atom is -0.390 e. The van der Waals surface area contributed by atoms with Crippen molar-refractivity contribution in [2.24, 2.45) is 0 Å². The molecule has 140 valence electrons. The Hall–Kier alpha value is -1.51. The molecule has 5 nitrogen and oxygen atoms in total. The highest BCUT2D eigenvalue weighted by Gasteiger charge is 2.37. The molecule has 9 heteroatoms. The molecule has 25 heavy (non-hydrogen) atoms. The highest BCUT2D eigenvalue weighted by atomic mass is 35.5. The monoisotopic (exact) mass is 379 g/mol. The molecule has 2 N–H and O–H groups in total. The van der Waals surface area contributed by atoms with Crippen LogP contribution in [0, 0.1) is 0 Å². The molecule has 0 aliphatic carbocycles. The first-order valence-electron chi connectivity index (χ1n) is 7.89. The van der Waals surface area contributed by atoms with Gasteiger partial charge in [0.15, 0.2) is 0 Å². The molecule has 0 spiro atoms. The maximum atomic E-state index is 13.4. The van der Waals surface area contributed by atoms with Gasteiger partial charge in [0, 0.05) is 38.4 Å². The average molecular weight is 380 g/mol. The van der Waals surface area contributed by atoms with E-state index in [1.807, 2.05) is 11.9 Å². The SMILES string of the molecule is CN1CCN(C(=O)c2ccc(NCC(O)CCl)cc2C(F)(F)F)CC1. The molecule has 1 amide bonds. The van der Waals surface area contributed by atoms with E-state index in [0.29, 0.717) is 26.2 Å². The first-order valence-corrected chi connectivity index (χ1v) is 8.42. The van der Waals surface area contributed by atoms with Crippen LogP contribution in [0.1, 0.15) is 15.9 Å². The minimum absolute atomic E-state index is 0.0204. The van der Waals surface area contributed by atoms with Gasteiger partial charge in [-0.05, 0) is 25.2 Å². The average Bonchev–Trinajstić information content (AvgIpc) is 2.58. The van der Waals surface area contributed by atoms with Gasteiger partial charge in [-0.25, -0.2) is 0 Å².